The molecule has 0 spiro atoms. The zero-order chi connectivity index (χ0) is 13.1. The van der Waals surface area contributed by atoms with Crippen LogP contribution in [-0.2, 0) is 0 Å². The fourth-order valence-electron chi connectivity index (χ4n) is 1.63. The average molecular weight is 309 g/mol. The van der Waals surface area contributed by atoms with Gasteiger partial charge in [-0.15, -0.1) is 0 Å². The quantitative estimate of drug-likeness (QED) is 0.856. The van der Waals surface area contributed by atoms with Gasteiger partial charge in [0.25, 0.3) is 5.91 Å². The lowest BCUT2D eigenvalue weighted by Gasteiger charge is -2.12. The molecule has 0 fully saturated rings. The Morgan fingerprint density at radius 1 is 1.44 bits per heavy atom. The molecule has 1 aromatic heterocycles. The fourth-order valence-corrected chi connectivity index (χ4v) is 2.14. The molecule has 1 amide bonds. The molecule has 0 radical (unpaired) electrons. The van der Waals surface area contributed by atoms with E-state index in [4.69, 9.17) is 10.2 Å². The Balaban J connectivity index is 2.12. The average Bonchev–Trinajstić information content (AvgIpc) is 2.80. The van der Waals surface area contributed by atoms with Crippen molar-refractivity contribution >= 4 is 27.5 Å². The molecule has 2 rings (SSSR count). The maximum Gasteiger partial charge on any atom is 0.251 e. The molecule has 0 saturated heterocycles. The third-order valence-corrected chi connectivity index (χ3v) is 2.96. The van der Waals surface area contributed by atoms with E-state index in [1.54, 1.807) is 30.5 Å². The van der Waals surface area contributed by atoms with Crippen LogP contribution in [0.4, 0.5) is 5.69 Å². The summed E-state index contributed by atoms with van der Waals surface area (Å²) in [4.78, 5) is 12.0. The van der Waals surface area contributed by atoms with E-state index >= 15 is 0 Å². The van der Waals surface area contributed by atoms with Crippen LogP contribution in [0.2, 0.25) is 0 Å². The summed E-state index contributed by atoms with van der Waals surface area (Å²) in [6.07, 6.45) is 1.58. The van der Waals surface area contributed by atoms with Gasteiger partial charge in [0.15, 0.2) is 0 Å². The van der Waals surface area contributed by atoms with Gasteiger partial charge in [0.2, 0.25) is 0 Å². The van der Waals surface area contributed by atoms with E-state index in [1.807, 2.05) is 13.0 Å². The molecule has 4 nitrogen and oxygen atoms in total. The number of rotatable bonds is 3. The van der Waals surface area contributed by atoms with E-state index in [9.17, 15) is 4.79 Å². The summed E-state index contributed by atoms with van der Waals surface area (Å²) < 4.78 is 6.01. The van der Waals surface area contributed by atoms with Gasteiger partial charge in [0.05, 0.1) is 12.3 Å². The highest BCUT2D eigenvalue weighted by Gasteiger charge is 2.13. The summed E-state index contributed by atoms with van der Waals surface area (Å²) in [5.41, 5.74) is 6.75. The Hall–Kier alpha value is -1.75. The highest BCUT2D eigenvalue weighted by molar-refractivity contribution is 9.10. The van der Waals surface area contributed by atoms with Gasteiger partial charge in [-0.25, -0.2) is 0 Å². The predicted octanol–water partition coefficient (Wildman–Crippen LogP) is 3.12. The van der Waals surface area contributed by atoms with Crippen LogP contribution in [0.1, 0.15) is 29.1 Å². The maximum atomic E-state index is 12.0. The summed E-state index contributed by atoms with van der Waals surface area (Å²) in [5, 5.41) is 2.84. The van der Waals surface area contributed by atoms with E-state index < -0.39 is 0 Å². The number of halogens is 1. The van der Waals surface area contributed by atoms with E-state index in [2.05, 4.69) is 21.2 Å². The monoisotopic (exact) mass is 308 g/mol. The lowest BCUT2D eigenvalue weighted by Crippen LogP contribution is -2.26. The molecule has 1 aromatic carbocycles. The normalized spacial score (nSPS) is 12.1. The lowest BCUT2D eigenvalue weighted by molar-refractivity contribution is 0.0935. The van der Waals surface area contributed by atoms with Crippen LogP contribution in [0.15, 0.2) is 45.5 Å². The minimum Gasteiger partial charge on any atom is -0.467 e. The first-order chi connectivity index (χ1) is 8.56. The van der Waals surface area contributed by atoms with Crippen LogP contribution in [0, 0.1) is 0 Å². The van der Waals surface area contributed by atoms with Crippen molar-refractivity contribution in [1.29, 1.82) is 0 Å². The molecule has 94 valence electrons. The van der Waals surface area contributed by atoms with Crippen molar-refractivity contribution in [2.24, 2.45) is 0 Å². The lowest BCUT2D eigenvalue weighted by atomic mass is 10.1. The highest BCUT2D eigenvalue weighted by Crippen LogP contribution is 2.18. The van der Waals surface area contributed by atoms with E-state index in [1.165, 1.54) is 0 Å². The number of nitrogen functional groups attached to an aromatic ring is 1. The number of hydrogen-bond donors (Lipinski definition) is 2. The van der Waals surface area contributed by atoms with Crippen LogP contribution < -0.4 is 11.1 Å². The van der Waals surface area contributed by atoms with Gasteiger partial charge in [-0.2, -0.15) is 0 Å². The van der Waals surface area contributed by atoms with Crippen molar-refractivity contribution in [3.05, 3.63) is 52.4 Å². The van der Waals surface area contributed by atoms with E-state index in [0.29, 0.717) is 17.0 Å². The number of anilines is 1. The van der Waals surface area contributed by atoms with Crippen molar-refractivity contribution in [2.75, 3.05) is 5.73 Å². The number of carbonyl (C=O) groups is 1. The number of nitrogens with two attached hydrogens (primary N) is 1. The maximum absolute atomic E-state index is 12.0. The van der Waals surface area contributed by atoms with Crippen LogP contribution in [0.3, 0.4) is 0 Å². The summed E-state index contributed by atoms with van der Waals surface area (Å²) in [7, 11) is 0. The predicted molar refractivity (Wildman–Crippen MR) is 73.1 cm³/mol. The highest BCUT2D eigenvalue weighted by atomic mass is 79.9. The Kier molecular flexibility index (Phi) is 3.72. The van der Waals surface area contributed by atoms with Crippen LogP contribution >= 0.6 is 15.9 Å². The number of furan rings is 1. The molecule has 0 bridgehead atoms. The molecule has 0 aliphatic rings. The third-order valence-electron chi connectivity index (χ3n) is 2.50. The smallest absolute Gasteiger partial charge is 0.251 e. The molecule has 1 unspecified atom stereocenters. The molecule has 18 heavy (non-hydrogen) atoms. The van der Waals surface area contributed by atoms with Gasteiger partial charge in [-0.1, -0.05) is 15.9 Å². The summed E-state index contributed by atoms with van der Waals surface area (Å²) in [5.74, 6) is 0.526. The van der Waals surface area contributed by atoms with E-state index in [0.717, 1.165) is 4.47 Å². The first kappa shape index (κ1) is 12.7. The summed E-state index contributed by atoms with van der Waals surface area (Å²) in [6.45, 7) is 1.86. The minimum atomic E-state index is -0.188. The Bertz CT molecular complexity index is 532. The van der Waals surface area contributed by atoms with Gasteiger partial charge in [-0.3, -0.25) is 4.79 Å². The number of benzene rings is 1. The zero-order valence-electron chi connectivity index (χ0n) is 9.81. The van der Waals surface area contributed by atoms with Crippen molar-refractivity contribution < 1.29 is 9.21 Å². The van der Waals surface area contributed by atoms with Crippen molar-refractivity contribution in [3.8, 4) is 0 Å². The van der Waals surface area contributed by atoms with Crippen molar-refractivity contribution in [3.63, 3.8) is 0 Å². The van der Waals surface area contributed by atoms with Crippen LogP contribution in [0.5, 0.6) is 0 Å². The van der Waals surface area contributed by atoms with Crippen molar-refractivity contribution in [1.82, 2.24) is 5.32 Å². The Labute approximate surface area is 113 Å². The Morgan fingerprint density at radius 2 is 2.22 bits per heavy atom. The van der Waals surface area contributed by atoms with Gasteiger partial charge >= 0.3 is 0 Å². The SMILES string of the molecule is CC(NC(=O)c1cc(N)cc(Br)c1)c1ccco1. The zero-order valence-corrected chi connectivity index (χ0v) is 11.4. The van der Waals surface area contributed by atoms with Gasteiger partial charge in [0.1, 0.15) is 5.76 Å². The standard InChI is InChI=1S/C13H13BrN2O2/c1-8(12-3-2-4-18-12)16-13(17)9-5-10(14)7-11(15)6-9/h2-8H,15H2,1H3,(H,16,17). The number of nitrogens with one attached hydrogen (secondary N) is 1. The summed E-state index contributed by atoms with van der Waals surface area (Å²) in [6, 6.07) is 8.52. The Morgan fingerprint density at radius 3 is 2.83 bits per heavy atom. The van der Waals surface area contributed by atoms with Crippen LogP contribution in [0.25, 0.3) is 0 Å². The number of amides is 1. The molecule has 0 saturated carbocycles. The van der Waals surface area contributed by atoms with E-state index in [-0.39, 0.29) is 11.9 Å². The minimum absolute atomic E-state index is 0.187. The van der Waals surface area contributed by atoms with Gasteiger partial charge < -0.3 is 15.5 Å². The molecule has 1 heterocycles. The molecule has 3 N–H and O–H groups in total. The first-order valence-electron chi connectivity index (χ1n) is 5.46. The molecule has 5 heteroatoms. The summed E-state index contributed by atoms with van der Waals surface area (Å²) >= 11 is 3.31. The number of hydrogen-bond acceptors (Lipinski definition) is 3. The topological polar surface area (TPSA) is 68.3 Å². The molecular formula is C13H13BrN2O2. The van der Waals surface area contributed by atoms with Crippen LogP contribution in [-0.4, -0.2) is 5.91 Å². The second-order valence-electron chi connectivity index (χ2n) is 3.98. The van der Waals surface area contributed by atoms with Crippen molar-refractivity contribution in [2.45, 2.75) is 13.0 Å². The molecule has 2 aromatic rings. The fraction of sp³-hybridized carbons (Fsp3) is 0.154. The van der Waals surface area contributed by atoms with Gasteiger partial charge in [0, 0.05) is 15.7 Å². The number of carbonyl (C=O) groups excluding carboxylic acids is 1. The largest absolute Gasteiger partial charge is 0.467 e. The first-order valence-corrected chi connectivity index (χ1v) is 6.26. The molecular weight excluding hydrogens is 296 g/mol. The second kappa shape index (κ2) is 5.27. The molecule has 1 atom stereocenters. The third kappa shape index (κ3) is 2.92. The second-order valence-corrected chi connectivity index (χ2v) is 4.90. The van der Waals surface area contributed by atoms with Gasteiger partial charge in [-0.05, 0) is 37.3 Å². The molecule has 0 aliphatic heterocycles. The molecule has 0 aliphatic carbocycles.